The highest BCUT2D eigenvalue weighted by molar-refractivity contribution is 7.21. The molecule has 3 aromatic heterocycles. The van der Waals surface area contributed by atoms with Crippen LogP contribution in [0.4, 0.5) is 10.8 Å². The van der Waals surface area contributed by atoms with E-state index in [9.17, 15) is 0 Å². The standard InChI is InChI=1S/C10H4Cl3N5S/c11-4-1-14-2-5(12)6(4)17-10-18-7-8(13)15-3-16-9(7)19-10/h1-3H,(H,14,17,18). The van der Waals surface area contributed by atoms with Gasteiger partial charge in [0, 0.05) is 12.4 Å². The average Bonchev–Trinajstić information content (AvgIpc) is 2.78. The molecular formula is C10H4Cl3N5S. The molecule has 0 aliphatic heterocycles. The summed E-state index contributed by atoms with van der Waals surface area (Å²) in [7, 11) is 0. The van der Waals surface area contributed by atoms with E-state index in [1.807, 2.05) is 0 Å². The Balaban J connectivity index is 2.04. The van der Waals surface area contributed by atoms with E-state index in [-0.39, 0.29) is 0 Å². The number of aromatic nitrogens is 4. The fourth-order valence-electron chi connectivity index (χ4n) is 1.42. The third-order valence-corrected chi connectivity index (χ3v) is 3.96. The number of halogens is 3. The summed E-state index contributed by atoms with van der Waals surface area (Å²) in [4.78, 5) is 16.8. The van der Waals surface area contributed by atoms with Gasteiger partial charge in [0.2, 0.25) is 0 Å². The van der Waals surface area contributed by atoms with Crippen LogP contribution in [-0.4, -0.2) is 19.9 Å². The van der Waals surface area contributed by atoms with Crippen molar-refractivity contribution in [3.8, 4) is 0 Å². The minimum absolute atomic E-state index is 0.307. The van der Waals surface area contributed by atoms with Gasteiger partial charge in [0.25, 0.3) is 0 Å². The van der Waals surface area contributed by atoms with Crippen LogP contribution >= 0.6 is 46.1 Å². The van der Waals surface area contributed by atoms with E-state index >= 15 is 0 Å². The van der Waals surface area contributed by atoms with Crippen LogP contribution in [0.2, 0.25) is 15.2 Å². The topological polar surface area (TPSA) is 63.6 Å². The highest BCUT2D eigenvalue weighted by Crippen LogP contribution is 2.35. The van der Waals surface area contributed by atoms with Crippen molar-refractivity contribution < 1.29 is 0 Å². The number of fused-ring (bicyclic) bond motifs is 1. The maximum absolute atomic E-state index is 6.02. The van der Waals surface area contributed by atoms with Crippen LogP contribution in [0.15, 0.2) is 18.7 Å². The molecule has 0 aliphatic carbocycles. The molecule has 96 valence electrons. The number of nitrogens with one attached hydrogen (secondary N) is 1. The molecule has 3 aromatic rings. The van der Waals surface area contributed by atoms with Gasteiger partial charge in [-0.3, -0.25) is 4.98 Å². The van der Waals surface area contributed by atoms with E-state index in [4.69, 9.17) is 34.8 Å². The van der Waals surface area contributed by atoms with Crippen molar-refractivity contribution in [2.75, 3.05) is 5.32 Å². The monoisotopic (exact) mass is 331 g/mol. The lowest BCUT2D eigenvalue weighted by Gasteiger charge is -2.05. The van der Waals surface area contributed by atoms with E-state index in [1.165, 1.54) is 30.1 Å². The molecule has 0 atom stereocenters. The molecule has 0 radical (unpaired) electrons. The van der Waals surface area contributed by atoms with E-state index in [0.717, 1.165) is 0 Å². The summed E-state index contributed by atoms with van der Waals surface area (Å²) in [5.41, 5.74) is 1.08. The number of nitrogens with zero attached hydrogens (tertiary/aromatic N) is 4. The van der Waals surface area contributed by atoms with Gasteiger partial charge in [-0.25, -0.2) is 15.0 Å². The van der Waals surface area contributed by atoms with E-state index in [0.29, 0.717) is 36.4 Å². The summed E-state index contributed by atoms with van der Waals surface area (Å²) in [6, 6.07) is 0. The molecule has 1 N–H and O–H groups in total. The molecule has 0 fully saturated rings. The molecule has 0 unspecified atom stereocenters. The van der Waals surface area contributed by atoms with E-state index in [2.05, 4.69) is 25.3 Å². The SMILES string of the molecule is Clc1cncc(Cl)c1Nc1nc2c(Cl)ncnc2s1. The smallest absolute Gasteiger partial charge is 0.189 e. The van der Waals surface area contributed by atoms with Crippen molar-refractivity contribution in [1.29, 1.82) is 0 Å². The summed E-state index contributed by atoms with van der Waals surface area (Å²) in [5, 5.41) is 4.73. The van der Waals surface area contributed by atoms with Crippen molar-refractivity contribution >= 4 is 67.3 Å². The molecule has 19 heavy (non-hydrogen) atoms. The summed E-state index contributed by atoms with van der Waals surface area (Å²) in [6.45, 7) is 0. The van der Waals surface area contributed by atoms with Gasteiger partial charge in [0.1, 0.15) is 16.7 Å². The summed E-state index contributed by atoms with van der Waals surface area (Å²) >= 11 is 19.3. The van der Waals surface area contributed by atoms with Crippen LogP contribution < -0.4 is 5.32 Å². The first-order chi connectivity index (χ1) is 9.15. The minimum Gasteiger partial charge on any atom is -0.329 e. The fourth-order valence-corrected chi connectivity index (χ4v) is 2.92. The molecule has 0 bridgehead atoms. The normalized spacial score (nSPS) is 10.9. The van der Waals surface area contributed by atoms with Gasteiger partial charge < -0.3 is 5.32 Å². The summed E-state index contributed by atoms with van der Waals surface area (Å²) in [5.74, 6) is 0. The van der Waals surface area contributed by atoms with Gasteiger partial charge >= 0.3 is 0 Å². The first-order valence-electron chi connectivity index (χ1n) is 4.98. The number of pyridine rings is 1. The van der Waals surface area contributed by atoms with Crippen LogP contribution in [-0.2, 0) is 0 Å². The van der Waals surface area contributed by atoms with Gasteiger partial charge in [0.05, 0.1) is 15.7 Å². The van der Waals surface area contributed by atoms with Gasteiger partial charge in [0.15, 0.2) is 10.3 Å². The van der Waals surface area contributed by atoms with Crippen LogP contribution in [0.25, 0.3) is 10.3 Å². The molecule has 0 amide bonds. The molecule has 0 saturated heterocycles. The molecule has 3 heterocycles. The molecule has 0 aromatic carbocycles. The van der Waals surface area contributed by atoms with Crippen molar-refractivity contribution in [3.05, 3.63) is 33.9 Å². The average molecular weight is 333 g/mol. The molecular weight excluding hydrogens is 329 g/mol. The quantitative estimate of drug-likeness (QED) is 0.713. The first kappa shape index (κ1) is 12.8. The first-order valence-corrected chi connectivity index (χ1v) is 6.93. The minimum atomic E-state index is 0.307. The van der Waals surface area contributed by atoms with Gasteiger partial charge in [-0.15, -0.1) is 0 Å². The molecule has 5 nitrogen and oxygen atoms in total. The lowest BCUT2D eigenvalue weighted by atomic mass is 10.4. The fraction of sp³-hybridized carbons (Fsp3) is 0. The second-order valence-electron chi connectivity index (χ2n) is 3.44. The van der Waals surface area contributed by atoms with E-state index in [1.54, 1.807) is 0 Å². The third kappa shape index (κ3) is 2.44. The van der Waals surface area contributed by atoms with Crippen molar-refractivity contribution in [3.63, 3.8) is 0 Å². The zero-order valence-corrected chi connectivity index (χ0v) is 12.1. The van der Waals surface area contributed by atoms with Crippen molar-refractivity contribution in [2.24, 2.45) is 0 Å². The Morgan fingerprint density at radius 1 is 1.05 bits per heavy atom. The zero-order chi connectivity index (χ0) is 13.4. The highest BCUT2D eigenvalue weighted by atomic mass is 35.5. The Morgan fingerprint density at radius 3 is 2.47 bits per heavy atom. The number of thiazole rings is 1. The highest BCUT2D eigenvalue weighted by Gasteiger charge is 2.12. The zero-order valence-electron chi connectivity index (χ0n) is 9.06. The molecule has 0 saturated carbocycles. The Labute approximate surface area is 126 Å². The molecule has 9 heteroatoms. The predicted molar refractivity (Wildman–Crippen MR) is 77.8 cm³/mol. The lowest BCUT2D eigenvalue weighted by Crippen LogP contribution is -1.92. The second kappa shape index (κ2) is 5.05. The Bertz CT molecular complexity index is 740. The predicted octanol–water partition coefficient (Wildman–Crippen LogP) is 4.19. The van der Waals surface area contributed by atoms with Gasteiger partial charge in [-0.1, -0.05) is 46.1 Å². The largest absolute Gasteiger partial charge is 0.329 e. The van der Waals surface area contributed by atoms with Crippen LogP contribution in [0.3, 0.4) is 0 Å². The lowest BCUT2D eigenvalue weighted by molar-refractivity contribution is 1.22. The summed E-state index contributed by atoms with van der Waals surface area (Å²) in [6.07, 6.45) is 4.38. The van der Waals surface area contributed by atoms with E-state index < -0.39 is 0 Å². The van der Waals surface area contributed by atoms with Crippen LogP contribution in [0.1, 0.15) is 0 Å². The third-order valence-electron chi connectivity index (χ3n) is 2.24. The Morgan fingerprint density at radius 2 is 1.79 bits per heavy atom. The number of anilines is 2. The van der Waals surface area contributed by atoms with Gasteiger partial charge in [-0.2, -0.15) is 0 Å². The van der Waals surface area contributed by atoms with Crippen LogP contribution in [0, 0.1) is 0 Å². The Kier molecular flexibility index (Phi) is 3.40. The number of rotatable bonds is 2. The number of hydrogen-bond donors (Lipinski definition) is 1. The van der Waals surface area contributed by atoms with Crippen molar-refractivity contribution in [2.45, 2.75) is 0 Å². The van der Waals surface area contributed by atoms with Crippen LogP contribution in [0.5, 0.6) is 0 Å². The molecule has 3 rings (SSSR count). The van der Waals surface area contributed by atoms with Gasteiger partial charge in [-0.05, 0) is 0 Å². The maximum atomic E-state index is 6.02. The maximum Gasteiger partial charge on any atom is 0.189 e. The molecule has 0 spiro atoms. The second-order valence-corrected chi connectivity index (χ2v) is 5.59. The van der Waals surface area contributed by atoms with Crippen molar-refractivity contribution in [1.82, 2.24) is 19.9 Å². The number of hydrogen-bond acceptors (Lipinski definition) is 6. The molecule has 0 aliphatic rings. The summed E-state index contributed by atoms with van der Waals surface area (Å²) < 4.78 is 0. The Hall–Kier alpha value is -1.21.